The number of hydrogen-bond acceptors (Lipinski definition) is 3. The SMILES string of the molecule is CCN(CC)P(=S)(Cc1ccc([N+](=O)[O-])cc1)N(C)C(C)c1ccccc1. The highest BCUT2D eigenvalue weighted by molar-refractivity contribution is 8.11. The van der Waals surface area contributed by atoms with Crippen LogP contribution in [0.4, 0.5) is 5.69 Å². The summed E-state index contributed by atoms with van der Waals surface area (Å²) < 4.78 is 4.72. The second-order valence-corrected chi connectivity index (χ2v) is 11.1. The number of non-ortho nitro benzene ring substituents is 1. The Kier molecular flexibility index (Phi) is 7.68. The van der Waals surface area contributed by atoms with E-state index in [1.165, 1.54) is 5.56 Å². The van der Waals surface area contributed by atoms with Crippen LogP contribution in [0.5, 0.6) is 0 Å². The highest BCUT2D eigenvalue weighted by atomic mass is 32.4. The molecule has 0 amide bonds. The second kappa shape index (κ2) is 9.56. The lowest BCUT2D eigenvalue weighted by Crippen LogP contribution is -2.32. The minimum absolute atomic E-state index is 0.112. The fraction of sp³-hybridized carbons (Fsp3) is 0.400. The van der Waals surface area contributed by atoms with Crippen LogP contribution >= 0.6 is 6.34 Å². The molecule has 0 aromatic heterocycles. The Bertz CT molecular complexity index is 795. The van der Waals surface area contributed by atoms with Gasteiger partial charge in [-0.1, -0.05) is 68.1 Å². The van der Waals surface area contributed by atoms with Crippen molar-refractivity contribution in [3.8, 4) is 0 Å². The molecule has 2 unspecified atom stereocenters. The number of rotatable bonds is 9. The molecule has 2 atom stereocenters. The van der Waals surface area contributed by atoms with Gasteiger partial charge >= 0.3 is 0 Å². The van der Waals surface area contributed by atoms with Crippen molar-refractivity contribution in [3.05, 3.63) is 75.8 Å². The van der Waals surface area contributed by atoms with Gasteiger partial charge in [0, 0.05) is 37.4 Å². The van der Waals surface area contributed by atoms with E-state index in [1.54, 1.807) is 12.1 Å². The van der Waals surface area contributed by atoms with Crippen molar-refractivity contribution in [2.24, 2.45) is 0 Å². The first-order chi connectivity index (χ1) is 12.8. The van der Waals surface area contributed by atoms with Gasteiger partial charge in [0.2, 0.25) is 0 Å². The molecule has 146 valence electrons. The average molecular weight is 406 g/mol. The number of nitro groups is 1. The summed E-state index contributed by atoms with van der Waals surface area (Å²) in [5.41, 5.74) is 2.40. The molecule has 2 aromatic rings. The van der Waals surface area contributed by atoms with Crippen molar-refractivity contribution >= 4 is 23.8 Å². The summed E-state index contributed by atoms with van der Waals surface area (Å²) in [7, 11) is 2.11. The lowest BCUT2D eigenvalue weighted by molar-refractivity contribution is -0.384. The first-order valence-corrected chi connectivity index (χ1v) is 12.1. The zero-order valence-corrected chi connectivity index (χ0v) is 18.1. The van der Waals surface area contributed by atoms with Crippen LogP contribution in [0.15, 0.2) is 54.6 Å². The minimum Gasteiger partial charge on any atom is -0.264 e. The van der Waals surface area contributed by atoms with Gasteiger partial charge in [0.05, 0.1) is 11.3 Å². The highest BCUT2D eigenvalue weighted by Gasteiger charge is 2.32. The molecule has 0 heterocycles. The Labute approximate surface area is 167 Å². The van der Waals surface area contributed by atoms with E-state index in [1.807, 2.05) is 18.2 Å². The van der Waals surface area contributed by atoms with Crippen LogP contribution < -0.4 is 0 Å². The van der Waals surface area contributed by atoms with Gasteiger partial charge < -0.3 is 0 Å². The zero-order chi connectivity index (χ0) is 20.0. The first-order valence-electron chi connectivity index (χ1n) is 9.19. The molecule has 0 saturated carbocycles. The fourth-order valence-corrected chi connectivity index (χ4v) is 7.89. The Hall–Kier alpha value is -1.59. The maximum atomic E-state index is 10.9. The topological polar surface area (TPSA) is 49.6 Å². The van der Waals surface area contributed by atoms with Crippen molar-refractivity contribution in [1.29, 1.82) is 0 Å². The van der Waals surface area contributed by atoms with Crippen molar-refractivity contribution in [3.63, 3.8) is 0 Å². The van der Waals surface area contributed by atoms with Gasteiger partial charge in [-0.2, -0.15) is 0 Å². The van der Waals surface area contributed by atoms with Crippen LogP contribution in [-0.4, -0.2) is 34.4 Å². The summed E-state index contributed by atoms with van der Waals surface area (Å²) in [5, 5.41) is 10.9. The second-order valence-electron chi connectivity index (χ2n) is 6.55. The quantitative estimate of drug-likeness (QED) is 0.316. The smallest absolute Gasteiger partial charge is 0.264 e. The van der Waals surface area contributed by atoms with Crippen LogP contribution in [0.3, 0.4) is 0 Å². The molecular formula is C20H28N3O2PS. The van der Waals surface area contributed by atoms with Crippen LogP contribution in [0.25, 0.3) is 0 Å². The predicted molar refractivity (Wildman–Crippen MR) is 117 cm³/mol. The molecule has 0 aliphatic heterocycles. The van der Waals surface area contributed by atoms with Crippen LogP contribution in [-0.2, 0) is 18.0 Å². The third kappa shape index (κ3) is 5.02. The van der Waals surface area contributed by atoms with Crippen molar-refractivity contribution in [2.75, 3.05) is 20.1 Å². The third-order valence-electron chi connectivity index (χ3n) is 5.04. The van der Waals surface area contributed by atoms with Gasteiger partial charge in [0.1, 0.15) is 0 Å². The summed E-state index contributed by atoms with van der Waals surface area (Å²) in [6.07, 6.45) is -1.35. The first kappa shape index (κ1) is 21.7. The van der Waals surface area contributed by atoms with E-state index >= 15 is 0 Å². The molecular weight excluding hydrogens is 377 g/mol. The lowest BCUT2D eigenvalue weighted by Gasteiger charge is -2.43. The Morgan fingerprint density at radius 1 is 1.07 bits per heavy atom. The summed E-state index contributed by atoms with van der Waals surface area (Å²) in [6.45, 7) is 8.23. The number of nitrogens with zero attached hydrogens (tertiary/aromatic N) is 3. The van der Waals surface area contributed by atoms with E-state index in [4.69, 9.17) is 11.8 Å². The molecule has 0 aliphatic rings. The minimum atomic E-state index is -2.07. The van der Waals surface area contributed by atoms with E-state index in [9.17, 15) is 10.1 Å². The molecule has 0 spiro atoms. The normalized spacial score (nSPS) is 14.9. The fourth-order valence-electron chi connectivity index (χ4n) is 3.26. The predicted octanol–water partition coefficient (Wildman–Crippen LogP) is 5.44. The molecule has 0 bridgehead atoms. The van der Waals surface area contributed by atoms with E-state index in [0.29, 0.717) is 0 Å². The van der Waals surface area contributed by atoms with Crippen molar-refractivity contribution in [1.82, 2.24) is 9.34 Å². The number of hydrogen-bond donors (Lipinski definition) is 0. The average Bonchev–Trinajstić information content (AvgIpc) is 2.68. The van der Waals surface area contributed by atoms with E-state index < -0.39 is 6.34 Å². The van der Waals surface area contributed by atoms with E-state index in [2.05, 4.69) is 61.4 Å². The third-order valence-corrected chi connectivity index (χ3v) is 10.5. The van der Waals surface area contributed by atoms with Gasteiger partial charge in [-0.15, -0.1) is 0 Å². The molecule has 2 aromatic carbocycles. The molecule has 7 heteroatoms. The summed E-state index contributed by atoms with van der Waals surface area (Å²) in [4.78, 5) is 10.6. The monoisotopic (exact) mass is 405 g/mol. The summed E-state index contributed by atoms with van der Waals surface area (Å²) in [6, 6.07) is 17.4. The summed E-state index contributed by atoms with van der Waals surface area (Å²) >= 11 is 6.32. The van der Waals surface area contributed by atoms with E-state index in [-0.39, 0.29) is 16.7 Å². The standard InChI is InChI=1S/C20H28N3O2PS/c1-5-22(6-2)26(27,16-18-12-14-20(15-13-18)23(24)25)21(4)17(3)19-10-8-7-9-11-19/h7-15,17H,5-6,16H2,1-4H3. The van der Waals surface area contributed by atoms with Gasteiger partial charge in [-0.25, -0.2) is 0 Å². The Morgan fingerprint density at radius 2 is 1.63 bits per heavy atom. The van der Waals surface area contributed by atoms with E-state index in [0.717, 1.165) is 24.8 Å². The molecule has 0 N–H and O–H groups in total. The van der Waals surface area contributed by atoms with Crippen LogP contribution in [0, 0.1) is 10.1 Å². The lowest BCUT2D eigenvalue weighted by atomic mass is 10.1. The van der Waals surface area contributed by atoms with Gasteiger partial charge in [-0.05, 0) is 25.1 Å². The largest absolute Gasteiger partial charge is 0.269 e. The summed E-state index contributed by atoms with van der Waals surface area (Å²) in [5.74, 6) is 0. The zero-order valence-electron chi connectivity index (χ0n) is 16.4. The van der Waals surface area contributed by atoms with Crippen molar-refractivity contribution in [2.45, 2.75) is 33.0 Å². The Balaban J connectivity index is 2.36. The van der Waals surface area contributed by atoms with Gasteiger partial charge in [0.25, 0.3) is 5.69 Å². The van der Waals surface area contributed by atoms with Crippen LogP contribution in [0.1, 0.15) is 37.9 Å². The highest BCUT2D eigenvalue weighted by Crippen LogP contribution is 2.58. The molecule has 2 rings (SSSR count). The molecule has 0 saturated heterocycles. The molecule has 0 radical (unpaired) electrons. The molecule has 0 aliphatic carbocycles. The van der Waals surface area contributed by atoms with Crippen LogP contribution in [0.2, 0.25) is 0 Å². The van der Waals surface area contributed by atoms with Crippen molar-refractivity contribution < 1.29 is 4.92 Å². The number of nitro benzene ring substituents is 1. The maximum absolute atomic E-state index is 10.9. The molecule has 27 heavy (non-hydrogen) atoms. The number of benzene rings is 2. The maximum Gasteiger partial charge on any atom is 0.269 e. The van der Waals surface area contributed by atoms with Gasteiger partial charge in [0.15, 0.2) is 0 Å². The molecule has 5 nitrogen and oxygen atoms in total. The van der Waals surface area contributed by atoms with Gasteiger partial charge in [-0.3, -0.25) is 19.5 Å². The molecule has 0 fully saturated rings. The Morgan fingerprint density at radius 3 is 2.11 bits per heavy atom.